The van der Waals surface area contributed by atoms with Crippen LogP contribution in [0.1, 0.15) is 25.2 Å². The third-order valence-corrected chi connectivity index (χ3v) is 5.18. The summed E-state index contributed by atoms with van der Waals surface area (Å²) in [5.74, 6) is -0.989. The Morgan fingerprint density at radius 3 is 2.42 bits per heavy atom. The zero-order valence-electron chi connectivity index (χ0n) is 17.5. The molecule has 0 bridgehead atoms. The van der Waals surface area contributed by atoms with Gasteiger partial charge in [-0.2, -0.15) is 4.98 Å². The van der Waals surface area contributed by atoms with E-state index in [4.69, 9.17) is 9.47 Å². The first kappa shape index (κ1) is 20.7. The van der Waals surface area contributed by atoms with Gasteiger partial charge in [0.2, 0.25) is 5.88 Å². The molecule has 0 unspecified atom stereocenters. The molecule has 0 amide bonds. The molecule has 2 aromatic heterocycles. The van der Waals surface area contributed by atoms with Gasteiger partial charge in [-0.05, 0) is 38.5 Å². The minimum Gasteiger partial charge on any atom is -0.473 e. The minimum absolute atomic E-state index is 0.0822. The Labute approximate surface area is 177 Å². The number of likely N-dealkylation sites (N-methyl/N-ethyl adjacent to an activating group) is 1. The largest absolute Gasteiger partial charge is 0.473 e. The van der Waals surface area contributed by atoms with Gasteiger partial charge in [0.15, 0.2) is 23.1 Å². The third-order valence-electron chi connectivity index (χ3n) is 5.18. The van der Waals surface area contributed by atoms with E-state index in [1.165, 1.54) is 12.4 Å². The maximum atomic E-state index is 14.4. The van der Waals surface area contributed by atoms with Crippen molar-refractivity contribution >= 4 is 5.82 Å². The Kier molecular flexibility index (Phi) is 5.08. The molecular formula is C21H21F2N5O3. The van der Waals surface area contributed by atoms with Crippen molar-refractivity contribution in [1.82, 2.24) is 19.5 Å². The van der Waals surface area contributed by atoms with Crippen LogP contribution in [-0.4, -0.2) is 32.1 Å². The van der Waals surface area contributed by atoms with E-state index in [-0.39, 0.29) is 29.3 Å². The smallest absolute Gasteiger partial charge is 0.352 e. The van der Waals surface area contributed by atoms with Gasteiger partial charge in [0.1, 0.15) is 18.2 Å². The van der Waals surface area contributed by atoms with E-state index in [9.17, 15) is 13.6 Å². The summed E-state index contributed by atoms with van der Waals surface area (Å²) in [6.07, 6.45) is 2.66. The molecule has 10 heteroatoms. The van der Waals surface area contributed by atoms with Gasteiger partial charge in [0.25, 0.3) is 0 Å². The monoisotopic (exact) mass is 429 g/mol. The number of rotatable bonds is 5. The lowest BCUT2D eigenvalue weighted by Crippen LogP contribution is -2.38. The van der Waals surface area contributed by atoms with E-state index in [1.54, 1.807) is 17.6 Å². The molecule has 1 aliphatic rings. The van der Waals surface area contributed by atoms with Crippen molar-refractivity contribution in [2.45, 2.75) is 39.5 Å². The number of aryl methyl sites for hydroxylation is 1. The van der Waals surface area contributed by atoms with E-state index in [0.717, 1.165) is 12.1 Å². The Bertz CT molecular complexity index is 1170. The molecule has 4 rings (SSSR count). The second kappa shape index (κ2) is 7.60. The molecule has 1 aromatic carbocycles. The second-order valence-corrected chi connectivity index (χ2v) is 7.94. The summed E-state index contributed by atoms with van der Waals surface area (Å²) >= 11 is 0. The molecule has 0 N–H and O–H groups in total. The summed E-state index contributed by atoms with van der Waals surface area (Å²) < 4.78 is 41.2. The summed E-state index contributed by atoms with van der Waals surface area (Å²) in [6.45, 7) is 6.04. The molecule has 0 radical (unpaired) electrons. The fraction of sp³-hybridized carbons (Fsp3) is 0.333. The Balaban J connectivity index is 1.51. The third kappa shape index (κ3) is 4.05. The van der Waals surface area contributed by atoms with Crippen molar-refractivity contribution in [3.8, 4) is 17.4 Å². The predicted molar refractivity (Wildman–Crippen MR) is 109 cm³/mol. The van der Waals surface area contributed by atoms with Crippen LogP contribution in [0.2, 0.25) is 0 Å². The maximum Gasteiger partial charge on any atom is 0.352 e. The lowest BCUT2D eigenvalue weighted by molar-refractivity contribution is 0.289. The van der Waals surface area contributed by atoms with Gasteiger partial charge in [-0.25, -0.2) is 23.5 Å². The highest BCUT2D eigenvalue weighted by molar-refractivity contribution is 5.48. The average Bonchev–Trinajstić information content (AvgIpc) is 2.94. The normalized spacial score (nSPS) is 14.5. The van der Waals surface area contributed by atoms with Crippen molar-refractivity contribution in [3.05, 3.63) is 64.1 Å². The Hall–Kier alpha value is -3.56. The summed E-state index contributed by atoms with van der Waals surface area (Å²) in [7, 11) is 1.88. The number of anilines is 1. The van der Waals surface area contributed by atoms with Crippen LogP contribution in [0.4, 0.5) is 14.6 Å². The first-order chi connectivity index (χ1) is 14.6. The lowest BCUT2D eigenvalue weighted by atomic mass is 10.1. The summed E-state index contributed by atoms with van der Waals surface area (Å²) in [5.41, 5.74) is -0.457. The van der Waals surface area contributed by atoms with Gasteiger partial charge in [-0.1, -0.05) is 0 Å². The number of ether oxygens (including phenoxy) is 2. The molecule has 0 spiro atoms. The SMILES string of the molecule is Cc1ncc(Oc2c(F)cc(COc3cc4n(c(=O)n3)CC(C)(C)N4C)cc2F)cn1. The molecule has 162 valence electrons. The Morgan fingerprint density at radius 2 is 1.77 bits per heavy atom. The van der Waals surface area contributed by atoms with Crippen molar-refractivity contribution < 1.29 is 18.3 Å². The number of hydrogen-bond donors (Lipinski definition) is 0. The molecule has 0 atom stereocenters. The molecule has 31 heavy (non-hydrogen) atoms. The second-order valence-electron chi connectivity index (χ2n) is 7.94. The molecule has 0 aliphatic carbocycles. The molecule has 0 saturated carbocycles. The highest BCUT2D eigenvalue weighted by atomic mass is 19.1. The van der Waals surface area contributed by atoms with Crippen LogP contribution in [0, 0.1) is 18.6 Å². The van der Waals surface area contributed by atoms with Gasteiger partial charge >= 0.3 is 5.69 Å². The summed E-state index contributed by atoms with van der Waals surface area (Å²) in [6, 6.07) is 3.84. The van der Waals surface area contributed by atoms with Crippen LogP contribution in [0.5, 0.6) is 17.4 Å². The van der Waals surface area contributed by atoms with Crippen LogP contribution in [0.15, 0.2) is 35.4 Å². The standard InChI is InChI=1S/C21H21F2N5O3/c1-12-24-8-14(9-25-12)31-19-15(22)5-13(6-16(19)23)10-30-17-7-18-27(4)21(2,3)11-28(18)20(29)26-17/h5-9H,10-11H2,1-4H3. The van der Waals surface area contributed by atoms with Crippen molar-refractivity contribution in [3.63, 3.8) is 0 Å². The lowest BCUT2D eigenvalue weighted by Gasteiger charge is -2.28. The topological polar surface area (TPSA) is 82.4 Å². The van der Waals surface area contributed by atoms with Crippen LogP contribution in [0.3, 0.4) is 0 Å². The van der Waals surface area contributed by atoms with Gasteiger partial charge in [0.05, 0.1) is 24.5 Å². The molecule has 3 heterocycles. The number of aromatic nitrogens is 4. The molecule has 3 aromatic rings. The quantitative estimate of drug-likeness (QED) is 0.616. The molecule has 0 fully saturated rings. The van der Waals surface area contributed by atoms with Gasteiger partial charge in [-0.15, -0.1) is 0 Å². The predicted octanol–water partition coefficient (Wildman–Crippen LogP) is 3.22. The first-order valence-corrected chi connectivity index (χ1v) is 9.57. The fourth-order valence-corrected chi connectivity index (χ4v) is 3.28. The van der Waals surface area contributed by atoms with Gasteiger partial charge in [0, 0.05) is 13.1 Å². The fourth-order valence-electron chi connectivity index (χ4n) is 3.28. The van der Waals surface area contributed by atoms with E-state index < -0.39 is 23.1 Å². The van der Waals surface area contributed by atoms with E-state index in [0.29, 0.717) is 18.2 Å². The molecule has 1 aliphatic heterocycles. The number of fused-ring (bicyclic) bond motifs is 1. The molecule has 8 nitrogen and oxygen atoms in total. The van der Waals surface area contributed by atoms with Crippen molar-refractivity contribution in [2.24, 2.45) is 0 Å². The highest BCUT2D eigenvalue weighted by Gasteiger charge is 2.34. The zero-order valence-corrected chi connectivity index (χ0v) is 17.5. The first-order valence-electron chi connectivity index (χ1n) is 9.57. The zero-order chi connectivity index (χ0) is 22.3. The minimum atomic E-state index is -0.900. The van der Waals surface area contributed by atoms with Gasteiger partial charge < -0.3 is 14.4 Å². The number of hydrogen-bond acceptors (Lipinski definition) is 7. The number of nitrogens with zero attached hydrogens (tertiary/aromatic N) is 5. The summed E-state index contributed by atoms with van der Waals surface area (Å²) in [5, 5.41) is 0. The van der Waals surface area contributed by atoms with E-state index in [2.05, 4.69) is 15.0 Å². The van der Waals surface area contributed by atoms with E-state index in [1.807, 2.05) is 25.8 Å². The van der Waals surface area contributed by atoms with Crippen LogP contribution >= 0.6 is 0 Å². The van der Waals surface area contributed by atoms with Crippen molar-refractivity contribution in [2.75, 3.05) is 11.9 Å². The molecular weight excluding hydrogens is 408 g/mol. The van der Waals surface area contributed by atoms with Crippen LogP contribution < -0.4 is 20.1 Å². The van der Waals surface area contributed by atoms with Crippen LogP contribution in [0.25, 0.3) is 0 Å². The van der Waals surface area contributed by atoms with Gasteiger partial charge in [-0.3, -0.25) is 4.57 Å². The van der Waals surface area contributed by atoms with Crippen molar-refractivity contribution in [1.29, 1.82) is 0 Å². The maximum absolute atomic E-state index is 14.4. The van der Waals surface area contributed by atoms with E-state index >= 15 is 0 Å². The Morgan fingerprint density at radius 1 is 1.13 bits per heavy atom. The molecule has 0 saturated heterocycles. The number of halogens is 2. The average molecular weight is 429 g/mol. The van der Waals surface area contributed by atoms with Crippen LogP contribution in [-0.2, 0) is 13.2 Å². The number of benzene rings is 1. The summed E-state index contributed by atoms with van der Waals surface area (Å²) in [4.78, 5) is 26.0. The highest BCUT2D eigenvalue weighted by Crippen LogP contribution is 2.32.